The highest BCUT2D eigenvalue weighted by Gasteiger charge is 2.20. The Hall–Kier alpha value is -1.69. The molecule has 84 valence electrons. The van der Waals surface area contributed by atoms with Crippen molar-refractivity contribution in [1.29, 1.82) is 0 Å². The van der Waals surface area contributed by atoms with Crippen molar-refractivity contribution in [3.8, 4) is 0 Å². The van der Waals surface area contributed by atoms with Crippen LogP contribution in [0.15, 0.2) is 10.9 Å². The fourth-order valence-corrected chi connectivity index (χ4v) is 1.64. The molecular formula is C10H13N5O. The van der Waals surface area contributed by atoms with Gasteiger partial charge >= 0.3 is 0 Å². The van der Waals surface area contributed by atoms with Crippen LogP contribution in [0, 0.1) is 6.92 Å². The maximum Gasteiger partial charge on any atom is 0.274 e. The summed E-state index contributed by atoms with van der Waals surface area (Å²) in [6, 6.07) is 2.11. The summed E-state index contributed by atoms with van der Waals surface area (Å²) in [7, 11) is 0. The van der Waals surface area contributed by atoms with Crippen LogP contribution in [0.25, 0.3) is 5.78 Å². The van der Waals surface area contributed by atoms with Crippen LogP contribution >= 0.6 is 0 Å². The van der Waals surface area contributed by atoms with Crippen molar-refractivity contribution in [2.45, 2.75) is 32.4 Å². The zero-order valence-electron chi connectivity index (χ0n) is 9.03. The summed E-state index contributed by atoms with van der Waals surface area (Å²) >= 11 is 0. The third-order valence-electron chi connectivity index (χ3n) is 2.64. The van der Waals surface area contributed by atoms with Gasteiger partial charge in [0.05, 0.1) is 6.54 Å². The van der Waals surface area contributed by atoms with Crippen LogP contribution in [-0.4, -0.2) is 25.6 Å². The first-order chi connectivity index (χ1) is 7.72. The van der Waals surface area contributed by atoms with Gasteiger partial charge in [0.2, 0.25) is 0 Å². The van der Waals surface area contributed by atoms with E-state index in [1.54, 1.807) is 6.92 Å². The van der Waals surface area contributed by atoms with Gasteiger partial charge in [-0.2, -0.15) is 9.50 Å². The number of H-pyrrole nitrogens is 1. The maximum absolute atomic E-state index is 11.6. The van der Waals surface area contributed by atoms with Crippen molar-refractivity contribution in [2.24, 2.45) is 0 Å². The fraction of sp³-hybridized carbons (Fsp3) is 0.500. The van der Waals surface area contributed by atoms with Gasteiger partial charge in [0.25, 0.3) is 11.3 Å². The van der Waals surface area contributed by atoms with Crippen LogP contribution in [0.5, 0.6) is 0 Å². The lowest BCUT2D eigenvalue weighted by molar-refractivity contribution is 0.655. The average Bonchev–Trinajstić information content (AvgIpc) is 2.96. The SMILES string of the molecule is Cc1cc(=O)n2[nH]c(CNC3CC3)nc2n1. The second-order valence-corrected chi connectivity index (χ2v) is 4.20. The average molecular weight is 219 g/mol. The molecule has 0 bridgehead atoms. The van der Waals surface area contributed by atoms with Gasteiger partial charge in [0.1, 0.15) is 5.82 Å². The van der Waals surface area contributed by atoms with Crippen LogP contribution < -0.4 is 10.9 Å². The van der Waals surface area contributed by atoms with E-state index in [-0.39, 0.29) is 5.56 Å². The first-order valence-corrected chi connectivity index (χ1v) is 5.41. The summed E-state index contributed by atoms with van der Waals surface area (Å²) in [5, 5.41) is 6.27. The Bertz CT molecular complexity index is 580. The normalized spacial score (nSPS) is 15.8. The molecular weight excluding hydrogens is 206 g/mol. The molecule has 0 radical (unpaired) electrons. The van der Waals surface area contributed by atoms with Gasteiger partial charge in [-0.15, -0.1) is 0 Å². The van der Waals surface area contributed by atoms with Crippen LogP contribution in [-0.2, 0) is 6.54 Å². The van der Waals surface area contributed by atoms with Crippen molar-refractivity contribution < 1.29 is 0 Å². The number of aromatic amines is 1. The van der Waals surface area contributed by atoms with E-state index in [9.17, 15) is 4.79 Å². The number of hydrogen-bond acceptors (Lipinski definition) is 4. The summed E-state index contributed by atoms with van der Waals surface area (Å²) in [6.45, 7) is 2.45. The monoisotopic (exact) mass is 219 g/mol. The molecule has 3 rings (SSSR count). The second kappa shape index (κ2) is 3.41. The minimum atomic E-state index is -0.118. The minimum Gasteiger partial charge on any atom is -0.307 e. The van der Waals surface area contributed by atoms with Gasteiger partial charge < -0.3 is 5.32 Å². The molecule has 0 saturated heterocycles. The Balaban J connectivity index is 1.94. The molecule has 6 nitrogen and oxygen atoms in total. The number of nitrogens with zero attached hydrogens (tertiary/aromatic N) is 3. The molecule has 1 aliphatic rings. The lowest BCUT2D eigenvalue weighted by Gasteiger charge is -1.96. The molecule has 0 aliphatic heterocycles. The van der Waals surface area contributed by atoms with Gasteiger partial charge in [-0.1, -0.05) is 0 Å². The first-order valence-electron chi connectivity index (χ1n) is 5.41. The molecule has 1 aliphatic carbocycles. The van der Waals surface area contributed by atoms with Crippen molar-refractivity contribution in [2.75, 3.05) is 0 Å². The van der Waals surface area contributed by atoms with E-state index >= 15 is 0 Å². The van der Waals surface area contributed by atoms with Crippen molar-refractivity contribution in [3.05, 3.63) is 27.9 Å². The van der Waals surface area contributed by atoms with Gasteiger partial charge in [-0.05, 0) is 19.8 Å². The summed E-state index contributed by atoms with van der Waals surface area (Å²) in [5.74, 6) is 1.19. The third-order valence-corrected chi connectivity index (χ3v) is 2.64. The standard InChI is InChI=1S/C10H13N5O/c1-6-4-9(16)15-10(12-6)13-8(14-15)5-11-7-2-3-7/h4,7,11H,2-3,5H2,1H3,(H,12,13,14). The fourth-order valence-electron chi connectivity index (χ4n) is 1.64. The zero-order chi connectivity index (χ0) is 11.1. The lowest BCUT2D eigenvalue weighted by Crippen LogP contribution is -2.17. The van der Waals surface area contributed by atoms with Crippen LogP contribution in [0.2, 0.25) is 0 Å². The van der Waals surface area contributed by atoms with Gasteiger partial charge in [-0.25, -0.2) is 4.98 Å². The molecule has 2 aromatic rings. The Kier molecular flexibility index (Phi) is 2.03. The smallest absolute Gasteiger partial charge is 0.274 e. The molecule has 0 atom stereocenters. The summed E-state index contributed by atoms with van der Waals surface area (Å²) in [4.78, 5) is 20.1. The number of hydrogen-bond donors (Lipinski definition) is 2. The molecule has 0 spiro atoms. The molecule has 1 fully saturated rings. The van der Waals surface area contributed by atoms with Crippen molar-refractivity contribution >= 4 is 5.78 Å². The summed E-state index contributed by atoms with van der Waals surface area (Å²) in [5.41, 5.74) is 0.575. The van der Waals surface area contributed by atoms with Crippen LogP contribution in [0.1, 0.15) is 24.4 Å². The molecule has 0 amide bonds. The molecule has 1 saturated carbocycles. The molecule has 2 N–H and O–H groups in total. The number of aryl methyl sites for hydroxylation is 1. The number of rotatable bonds is 3. The molecule has 2 aromatic heterocycles. The molecule has 0 unspecified atom stereocenters. The first kappa shape index (κ1) is 9.53. The summed E-state index contributed by atoms with van der Waals surface area (Å²) in [6.07, 6.45) is 2.47. The van der Waals surface area contributed by atoms with E-state index in [0.29, 0.717) is 24.1 Å². The van der Waals surface area contributed by atoms with Gasteiger partial charge in [0, 0.05) is 17.8 Å². The van der Waals surface area contributed by atoms with Crippen LogP contribution in [0.4, 0.5) is 0 Å². The molecule has 16 heavy (non-hydrogen) atoms. The lowest BCUT2D eigenvalue weighted by atomic mass is 10.5. The highest BCUT2D eigenvalue weighted by Crippen LogP contribution is 2.18. The van der Waals surface area contributed by atoms with E-state index in [4.69, 9.17) is 0 Å². The molecule has 2 heterocycles. The quantitative estimate of drug-likeness (QED) is 0.760. The van der Waals surface area contributed by atoms with Crippen molar-refractivity contribution in [3.63, 3.8) is 0 Å². The number of aromatic nitrogens is 4. The summed E-state index contributed by atoms with van der Waals surface area (Å²) < 4.78 is 1.37. The third kappa shape index (κ3) is 1.71. The number of fused-ring (bicyclic) bond motifs is 1. The Labute approximate surface area is 91.7 Å². The van der Waals surface area contributed by atoms with Gasteiger partial charge in [-0.3, -0.25) is 9.89 Å². The zero-order valence-corrected chi connectivity index (χ0v) is 9.03. The van der Waals surface area contributed by atoms with Crippen LogP contribution in [0.3, 0.4) is 0 Å². The van der Waals surface area contributed by atoms with Gasteiger partial charge in [0.15, 0.2) is 0 Å². The van der Waals surface area contributed by atoms with E-state index in [1.165, 1.54) is 23.4 Å². The van der Waals surface area contributed by atoms with E-state index in [2.05, 4.69) is 20.4 Å². The largest absolute Gasteiger partial charge is 0.307 e. The highest BCUT2D eigenvalue weighted by atomic mass is 16.1. The topological polar surface area (TPSA) is 75.1 Å². The minimum absolute atomic E-state index is 0.118. The van der Waals surface area contributed by atoms with E-state index in [0.717, 1.165) is 5.82 Å². The maximum atomic E-state index is 11.6. The Morgan fingerprint density at radius 2 is 2.38 bits per heavy atom. The predicted octanol–water partition coefficient (Wildman–Crippen LogP) is -0.0220. The van der Waals surface area contributed by atoms with E-state index in [1.807, 2.05) is 0 Å². The second-order valence-electron chi connectivity index (χ2n) is 4.20. The van der Waals surface area contributed by atoms with Crippen molar-refractivity contribution in [1.82, 2.24) is 24.9 Å². The Morgan fingerprint density at radius 3 is 3.12 bits per heavy atom. The predicted molar refractivity (Wildman–Crippen MR) is 58.2 cm³/mol. The molecule has 0 aromatic carbocycles. The molecule has 6 heteroatoms. The highest BCUT2D eigenvalue weighted by molar-refractivity contribution is 5.27. The van der Waals surface area contributed by atoms with E-state index < -0.39 is 0 Å². The number of nitrogens with one attached hydrogen (secondary N) is 2. The Morgan fingerprint density at radius 1 is 1.56 bits per heavy atom.